The van der Waals surface area contributed by atoms with E-state index in [-0.39, 0.29) is 11.2 Å². The standard InChI is InChI=1S/C22H26N4OS/c1-5-26-20(14-18-9-7-6-8-10-18)24-25-22(26)28-17(4)21(27)23-19-12-11-15(2)13-16(19)3/h6-13,17H,5,14H2,1-4H3,(H,23,27)/t17-/m0/s1. The minimum absolute atomic E-state index is 0.0350. The van der Waals surface area contributed by atoms with Gasteiger partial charge in [0.05, 0.1) is 5.25 Å². The van der Waals surface area contributed by atoms with Crippen molar-refractivity contribution in [3.05, 3.63) is 71.0 Å². The molecule has 0 aliphatic rings. The van der Waals surface area contributed by atoms with Gasteiger partial charge >= 0.3 is 0 Å². The van der Waals surface area contributed by atoms with Crippen LogP contribution in [0.5, 0.6) is 0 Å². The highest BCUT2D eigenvalue weighted by molar-refractivity contribution is 8.00. The summed E-state index contributed by atoms with van der Waals surface area (Å²) in [6.45, 7) is 8.78. The van der Waals surface area contributed by atoms with Crippen LogP contribution in [-0.2, 0) is 17.8 Å². The maximum atomic E-state index is 12.7. The lowest BCUT2D eigenvalue weighted by Crippen LogP contribution is -2.23. The third-order valence-corrected chi connectivity index (χ3v) is 5.69. The smallest absolute Gasteiger partial charge is 0.237 e. The van der Waals surface area contributed by atoms with E-state index in [2.05, 4.69) is 45.2 Å². The lowest BCUT2D eigenvalue weighted by atomic mass is 10.1. The van der Waals surface area contributed by atoms with E-state index in [4.69, 9.17) is 0 Å². The zero-order chi connectivity index (χ0) is 20.1. The highest BCUT2D eigenvalue weighted by Gasteiger charge is 2.20. The number of benzene rings is 2. The molecule has 0 spiro atoms. The molecule has 146 valence electrons. The number of thioether (sulfide) groups is 1. The van der Waals surface area contributed by atoms with Crippen molar-refractivity contribution in [2.45, 2.75) is 51.1 Å². The van der Waals surface area contributed by atoms with Crippen LogP contribution in [0.3, 0.4) is 0 Å². The Bertz CT molecular complexity index is 952. The van der Waals surface area contributed by atoms with Crippen LogP contribution >= 0.6 is 11.8 Å². The molecule has 3 rings (SSSR count). The van der Waals surface area contributed by atoms with Gasteiger partial charge in [-0.15, -0.1) is 10.2 Å². The van der Waals surface area contributed by atoms with Crippen molar-refractivity contribution in [2.24, 2.45) is 0 Å². The minimum atomic E-state index is -0.278. The van der Waals surface area contributed by atoms with Gasteiger partial charge in [0.1, 0.15) is 5.82 Å². The molecule has 0 radical (unpaired) electrons. The minimum Gasteiger partial charge on any atom is -0.325 e. The molecule has 0 aliphatic carbocycles. The summed E-state index contributed by atoms with van der Waals surface area (Å²) in [4.78, 5) is 12.7. The number of anilines is 1. The Kier molecular flexibility index (Phi) is 6.52. The Balaban J connectivity index is 1.69. The monoisotopic (exact) mass is 394 g/mol. The predicted molar refractivity (Wildman–Crippen MR) is 115 cm³/mol. The van der Waals surface area contributed by atoms with Crippen molar-refractivity contribution >= 4 is 23.4 Å². The zero-order valence-electron chi connectivity index (χ0n) is 16.8. The summed E-state index contributed by atoms with van der Waals surface area (Å²) in [5, 5.41) is 12.2. The average Bonchev–Trinajstić information content (AvgIpc) is 3.05. The van der Waals surface area contributed by atoms with Crippen molar-refractivity contribution in [1.82, 2.24) is 14.8 Å². The largest absolute Gasteiger partial charge is 0.325 e. The highest BCUT2D eigenvalue weighted by Crippen LogP contribution is 2.25. The molecule has 5 nitrogen and oxygen atoms in total. The fourth-order valence-electron chi connectivity index (χ4n) is 3.03. The van der Waals surface area contributed by atoms with Gasteiger partial charge < -0.3 is 9.88 Å². The number of nitrogens with one attached hydrogen (secondary N) is 1. The molecule has 6 heteroatoms. The molecule has 1 atom stereocenters. The molecule has 0 saturated heterocycles. The zero-order valence-corrected chi connectivity index (χ0v) is 17.6. The second kappa shape index (κ2) is 9.06. The molecular weight excluding hydrogens is 368 g/mol. The Hall–Kier alpha value is -2.60. The topological polar surface area (TPSA) is 59.8 Å². The van der Waals surface area contributed by atoms with Gasteiger partial charge in [-0.3, -0.25) is 4.79 Å². The number of carbonyl (C=O) groups excluding carboxylic acids is 1. The lowest BCUT2D eigenvalue weighted by molar-refractivity contribution is -0.115. The second-order valence-electron chi connectivity index (χ2n) is 6.87. The molecular formula is C22H26N4OS. The van der Waals surface area contributed by atoms with Crippen molar-refractivity contribution in [3.63, 3.8) is 0 Å². The number of nitrogens with zero attached hydrogens (tertiary/aromatic N) is 3. The molecule has 0 aliphatic heterocycles. The first-order valence-electron chi connectivity index (χ1n) is 9.48. The van der Waals surface area contributed by atoms with Crippen molar-refractivity contribution in [1.29, 1.82) is 0 Å². The Morgan fingerprint density at radius 3 is 2.57 bits per heavy atom. The molecule has 0 unspecified atom stereocenters. The predicted octanol–water partition coefficient (Wildman–Crippen LogP) is 4.62. The maximum absolute atomic E-state index is 12.7. The normalized spacial score (nSPS) is 12.0. The summed E-state index contributed by atoms with van der Waals surface area (Å²) in [7, 11) is 0. The maximum Gasteiger partial charge on any atom is 0.237 e. The summed E-state index contributed by atoms with van der Waals surface area (Å²) in [6.07, 6.45) is 0.728. The second-order valence-corrected chi connectivity index (χ2v) is 8.18. The van der Waals surface area contributed by atoms with Gasteiger partial charge in [0.25, 0.3) is 0 Å². The van der Waals surface area contributed by atoms with Gasteiger partial charge in [0, 0.05) is 18.7 Å². The summed E-state index contributed by atoms with van der Waals surface area (Å²) in [6, 6.07) is 16.2. The van der Waals surface area contributed by atoms with E-state index in [1.165, 1.54) is 22.9 Å². The number of rotatable bonds is 7. The SMILES string of the molecule is CCn1c(Cc2ccccc2)nnc1S[C@@H](C)C(=O)Nc1ccc(C)cc1C. The number of amides is 1. The number of carbonyl (C=O) groups is 1. The van der Waals surface area contributed by atoms with E-state index in [1.807, 2.05) is 51.1 Å². The number of aryl methyl sites for hydroxylation is 2. The Labute approximate surface area is 170 Å². The summed E-state index contributed by atoms with van der Waals surface area (Å²) in [5.41, 5.74) is 4.29. The van der Waals surface area contributed by atoms with Crippen LogP contribution in [0.25, 0.3) is 0 Å². The summed E-state index contributed by atoms with van der Waals surface area (Å²) < 4.78 is 2.08. The molecule has 0 saturated carbocycles. The molecule has 28 heavy (non-hydrogen) atoms. The number of hydrogen-bond acceptors (Lipinski definition) is 4. The van der Waals surface area contributed by atoms with Crippen LogP contribution < -0.4 is 5.32 Å². The Morgan fingerprint density at radius 1 is 1.14 bits per heavy atom. The fourth-order valence-corrected chi connectivity index (χ4v) is 3.96. The number of aromatic nitrogens is 3. The van der Waals surface area contributed by atoms with Gasteiger partial charge in [0.15, 0.2) is 5.16 Å². The van der Waals surface area contributed by atoms with Gasteiger partial charge in [-0.25, -0.2) is 0 Å². The van der Waals surface area contributed by atoms with Crippen LogP contribution in [0.4, 0.5) is 5.69 Å². The van der Waals surface area contributed by atoms with Crippen LogP contribution in [0.15, 0.2) is 53.7 Å². The van der Waals surface area contributed by atoms with E-state index in [9.17, 15) is 4.79 Å². The van der Waals surface area contributed by atoms with E-state index in [0.29, 0.717) is 0 Å². The third-order valence-electron chi connectivity index (χ3n) is 4.61. The molecule has 1 amide bonds. The molecule has 1 aromatic heterocycles. The van der Waals surface area contributed by atoms with Crippen LogP contribution in [-0.4, -0.2) is 25.9 Å². The summed E-state index contributed by atoms with van der Waals surface area (Å²) in [5.74, 6) is 0.880. The number of hydrogen-bond donors (Lipinski definition) is 1. The van der Waals surface area contributed by atoms with Gasteiger partial charge in [-0.05, 0) is 44.9 Å². The summed E-state index contributed by atoms with van der Waals surface area (Å²) >= 11 is 1.44. The molecule has 1 heterocycles. The first kappa shape index (κ1) is 20.1. The average molecular weight is 395 g/mol. The molecule has 0 fully saturated rings. The Morgan fingerprint density at radius 2 is 1.89 bits per heavy atom. The van der Waals surface area contributed by atoms with Crippen molar-refractivity contribution in [2.75, 3.05) is 5.32 Å². The lowest BCUT2D eigenvalue weighted by Gasteiger charge is -2.14. The van der Waals surface area contributed by atoms with Crippen LogP contribution in [0.1, 0.15) is 36.4 Å². The molecule has 1 N–H and O–H groups in total. The van der Waals surface area contributed by atoms with E-state index >= 15 is 0 Å². The van der Waals surface area contributed by atoms with Gasteiger partial charge in [0.2, 0.25) is 5.91 Å². The molecule has 0 bridgehead atoms. The van der Waals surface area contributed by atoms with Crippen LogP contribution in [0.2, 0.25) is 0 Å². The van der Waals surface area contributed by atoms with Crippen molar-refractivity contribution < 1.29 is 4.79 Å². The molecule has 3 aromatic rings. The third kappa shape index (κ3) is 4.81. The fraction of sp³-hybridized carbons (Fsp3) is 0.318. The van der Waals surface area contributed by atoms with Crippen LogP contribution in [0, 0.1) is 13.8 Å². The first-order chi connectivity index (χ1) is 13.5. The van der Waals surface area contributed by atoms with E-state index in [0.717, 1.165) is 35.2 Å². The first-order valence-corrected chi connectivity index (χ1v) is 10.4. The molecule has 2 aromatic carbocycles. The van der Waals surface area contributed by atoms with Crippen molar-refractivity contribution in [3.8, 4) is 0 Å². The quantitative estimate of drug-likeness (QED) is 0.594. The van der Waals surface area contributed by atoms with E-state index < -0.39 is 0 Å². The van der Waals surface area contributed by atoms with E-state index in [1.54, 1.807) is 0 Å². The van der Waals surface area contributed by atoms with Gasteiger partial charge in [-0.2, -0.15) is 0 Å². The van der Waals surface area contributed by atoms with Gasteiger partial charge in [-0.1, -0.05) is 59.8 Å². The highest BCUT2D eigenvalue weighted by atomic mass is 32.2.